The van der Waals surface area contributed by atoms with Gasteiger partial charge in [0.1, 0.15) is 23.3 Å². The second kappa shape index (κ2) is 5.00. The highest BCUT2D eigenvalue weighted by atomic mass is 35.5. The van der Waals surface area contributed by atoms with Crippen molar-refractivity contribution >= 4 is 11.6 Å². The Kier molecular flexibility index (Phi) is 3.42. The standard InChI is InChI=1S/C17H16ClFO2/c1-17(2)9-12-7-10(4-6-15(12)21-17)16(20)11-3-5-13(18)14(19)8-11/h3-8,16,20H,9H2,1-2H3. The van der Waals surface area contributed by atoms with Gasteiger partial charge in [0.15, 0.2) is 0 Å². The van der Waals surface area contributed by atoms with Crippen LogP contribution in [-0.2, 0) is 6.42 Å². The van der Waals surface area contributed by atoms with Crippen LogP contribution in [0.3, 0.4) is 0 Å². The molecular weight excluding hydrogens is 291 g/mol. The van der Waals surface area contributed by atoms with Gasteiger partial charge in [-0.1, -0.05) is 23.7 Å². The fourth-order valence-electron chi connectivity index (χ4n) is 2.67. The zero-order chi connectivity index (χ0) is 15.2. The second-order valence-electron chi connectivity index (χ2n) is 5.98. The van der Waals surface area contributed by atoms with Crippen LogP contribution in [0, 0.1) is 5.82 Å². The molecule has 2 aromatic carbocycles. The first-order valence-corrected chi connectivity index (χ1v) is 7.18. The molecule has 1 aliphatic rings. The van der Waals surface area contributed by atoms with Crippen LogP contribution in [0.25, 0.3) is 0 Å². The van der Waals surface area contributed by atoms with Crippen LogP contribution in [0.2, 0.25) is 5.02 Å². The molecule has 0 aliphatic carbocycles. The Balaban J connectivity index is 1.93. The highest BCUT2D eigenvalue weighted by Crippen LogP contribution is 2.37. The highest BCUT2D eigenvalue weighted by molar-refractivity contribution is 6.30. The Morgan fingerprint density at radius 1 is 1.19 bits per heavy atom. The Hall–Kier alpha value is -1.58. The Bertz CT molecular complexity index is 697. The molecule has 1 N–H and O–H groups in total. The van der Waals surface area contributed by atoms with Crippen LogP contribution < -0.4 is 4.74 Å². The van der Waals surface area contributed by atoms with E-state index in [0.29, 0.717) is 5.56 Å². The summed E-state index contributed by atoms with van der Waals surface area (Å²) in [6.07, 6.45) is -0.0940. The number of hydrogen-bond acceptors (Lipinski definition) is 2. The quantitative estimate of drug-likeness (QED) is 0.897. The van der Waals surface area contributed by atoms with E-state index in [-0.39, 0.29) is 10.6 Å². The number of ether oxygens (including phenoxy) is 1. The third-order valence-corrected chi connectivity index (χ3v) is 3.97. The lowest BCUT2D eigenvalue weighted by Gasteiger charge is -2.16. The summed E-state index contributed by atoms with van der Waals surface area (Å²) >= 11 is 5.67. The molecule has 0 saturated carbocycles. The van der Waals surface area contributed by atoms with Crippen molar-refractivity contribution in [2.45, 2.75) is 32.0 Å². The van der Waals surface area contributed by atoms with Gasteiger partial charge in [-0.15, -0.1) is 0 Å². The minimum atomic E-state index is -0.884. The molecule has 1 heterocycles. The molecule has 4 heteroatoms. The minimum absolute atomic E-state index is 0.0510. The van der Waals surface area contributed by atoms with Gasteiger partial charge in [-0.3, -0.25) is 0 Å². The number of aliphatic hydroxyl groups excluding tert-OH is 1. The van der Waals surface area contributed by atoms with Gasteiger partial charge < -0.3 is 9.84 Å². The lowest BCUT2D eigenvalue weighted by molar-refractivity contribution is 0.138. The molecule has 3 rings (SSSR count). The molecule has 21 heavy (non-hydrogen) atoms. The van der Waals surface area contributed by atoms with Crippen LogP contribution in [0.15, 0.2) is 36.4 Å². The van der Waals surface area contributed by atoms with Gasteiger partial charge in [0.25, 0.3) is 0 Å². The van der Waals surface area contributed by atoms with Crippen LogP contribution >= 0.6 is 11.6 Å². The number of halogens is 2. The van der Waals surface area contributed by atoms with Gasteiger partial charge >= 0.3 is 0 Å². The van der Waals surface area contributed by atoms with E-state index < -0.39 is 11.9 Å². The van der Waals surface area contributed by atoms with Crippen molar-refractivity contribution in [2.24, 2.45) is 0 Å². The van der Waals surface area contributed by atoms with Gasteiger partial charge in [-0.05, 0) is 54.8 Å². The Morgan fingerprint density at radius 3 is 2.57 bits per heavy atom. The molecule has 2 nitrogen and oxygen atoms in total. The van der Waals surface area contributed by atoms with E-state index >= 15 is 0 Å². The predicted molar refractivity (Wildman–Crippen MR) is 80.3 cm³/mol. The van der Waals surface area contributed by atoms with Crippen LogP contribution in [0.4, 0.5) is 4.39 Å². The second-order valence-corrected chi connectivity index (χ2v) is 6.39. The van der Waals surface area contributed by atoms with Crippen LogP contribution in [0.1, 0.15) is 36.6 Å². The molecule has 110 valence electrons. The molecular formula is C17H16ClFO2. The summed E-state index contributed by atoms with van der Waals surface area (Å²) in [6, 6.07) is 9.92. The lowest BCUT2D eigenvalue weighted by atomic mass is 9.96. The number of hydrogen-bond donors (Lipinski definition) is 1. The Morgan fingerprint density at radius 2 is 1.86 bits per heavy atom. The third kappa shape index (κ3) is 2.76. The maximum atomic E-state index is 13.5. The molecule has 2 aromatic rings. The van der Waals surface area contributed by atoms with Crippen molar-refractivity contribution in [2.75, 3.05) is 0 Å². The summed E-state index contributed by atoms with van der Waals surface area (Å²) < 4.78 is 19.3. The smallest absolute Gasteiger partial charge is 0.142 e. The topological polar surface area (TPSA) is 29.5 Å². The SMILES string of the molecule is CC1(C)Cc2cc(C(O)c3ccc(Cl)c(F)c3)ccc2O1. The summed E-state index contributed by atoms with van der Waals surface area (Å²) in [4.78, 5) is 0. The predicted octanol–water partition coefficient (Wildman–Crippen LogP) is 4.27. The van der Waals surface area contributed by atoms with Crippen molar-refractivity contribution in [1.82, 2.24) is 0 Å². The van der Waals surface area contributed by atoms with Crippen molar-refractivity contribution in [3.63, 3.8) is 0 Å². The monoisotopic (exact) mass is 306 g/mol. The maximum absolute atomic E-state index is 13.5. The first kappa shape index (κ1) is 14.4. The fraction of sp³-hybridized carbons (Fsp3) is 0.294. The molecule has 1 atom stereocenters. The Labute approximate surface area is 128 Å². The number of fused-ring (bicyclic) bond motifs is 1. The molecule has 0 saturated heterocycles. The average molecular weight is 307 g/mol. The van der Waals surface area contributed by atoms with E-state index in [2.05, 4.69) is 0 Å². The zero-order valence-electron chi connectivity index (χ0n) is 11.9. The fourth-order valence-corrected chi connectivity index (χ4v) is 2.79. The van der Waals surface area contributed by atoms with Crippen molar-refractivity contribution in [1.29, 1.82) is 0 Å². The van der Waals surface area contributed by atoms with Crippen molar-refractivity contribution in [3.8, 4) is 5.75 Å². The van der Waals surface area contributed by atoms with E-state index in [4.69, 9.17) is 16.3 Å². The van der Waals surface area contributed by atoms with Crippen LogP contribution in [0.5, 0.6) is 5.75 Å². The van der Waals surface area contributed by atoms with Crippen molar-refractivity contribution < 1.29 is 14.2 Å². The molecule has 1 unspecified atom stereocenters. The van der Waals surface area contributed by atoms with Crippen molar-refractivity contribution in [3.05, 3.63) is 63.9 Å². The van der Waals surface area contributed by atoms with Gasteiger partial charge in [0, 0.05) is 6.42 Å². The average Bonchev–Trinajstić information content (AvgIpc) is 2.73. The summed E-state index contributed by atoms with van der Waals surface area (Å²) in [5, 5.41) is 10.5. The van der Waals surface area contributed by atoms with Gasteiger partial charge in [0.05, 0.1) is 5.02 Å². The minimum Gasteiger partial charge on any atom is -0.487 e. The molecule has 0 radical (unpaired) electrons. The van der Waals surface area contributed by atoms with E-state index in [1.54, 1.807) is 12.1 Å². The zero-order valence-corrected chi connectivity index (χ0v) is 12.6. The van der Waals surface area contributed by atoms with E-state index in [1.807, 2.05) is 26.0 Å². The van der Waals surface area contributed by atoms with Crippen LogP contribution in [-0.4, -0.2) is 10.7 Å². The van der Waals surface area contributed by atoms with E-state index in [0.717, 1.165) is 23.3 Å². The van der Waals surface area contributed by atoms with Gasteiger partial charge in [-0.2, -0.15) is 0 Å². The summed E-state index contributed by atoms with van der Waals surface area (Å²) in [5.74, 6) is 0.317. The molecule has 0 spiro atoms. The number of benzene rings is 2. The highest BCUT2D eigenvalue weighted by Gasteiger charge is 2.30. The summed E-state index contributed by atoms with van der Waals surface area (Å²) in [6.45, 7) is 4.05. The first-order chi connectivity index (χ1) is 9.85. The maximum Gasteiger partial charge on any atom is 0.142 e. The molecule has 0 aromatic heterocycles. The summed E-state index contributed by atoms with van der Waals surface area (Å²) in [5.41, 5.74) is 2.04. The number of aliphatic hydroxyl groups is 1. The molecule has 0 fully saturated rings. The normalized spacial score (nSPS) is 17.2. The molecule has 0 amide bonds. The lowest BCUT2D eigenvalue weighted by Crippen LogP contribution is -2.24. The summed E-state index contributed by atoms with van der Waals surface area (Å²) in [7, 11) is 0. The van der Waals surface area contributed by atoms with E-state index in [1.165, 1.54) is 12.1 Å². The third-order valence-electron chi connectivity index (χ3n) is 3.66. The van der Waals surface area contributed by atoms with Gasteiger partial charge in [0.2, 0.25) is 0 Å². The molecule has 0 bridgehead atoms. The van der Waals surface area contributed by atoms with E-state index in [9.17, 15) is 9.50 Å². The van der Waals surface area contributed by atoms with Gasteiger partial charge in [-0.25, -0.2) is 4.39 Å². The molecule has 1 aliphatic heterocycles. The first-order valence-electron chi connectivity index (χ1n) is 6.80. The largest absolute Gasteiger partial charge is 0.487 e. The number of rotatable bonds is 2.